The van der Waals surface area contributed by atoms with Gasteiger partial charge >= 0.3 is 5.97 Å². The molecule has 0 N–H and O–H groups in total. The molecule has 3 rings (SSSR count). The fraction of sp³-hybridized carbons (Fsp3) is 0.176. The zero-order valence-corrected chi connectivity index (χ0v) is 15.1. The van der Waals surface area contributed by atoms with Crippen LogP contribution in [0.5, 0.6) is 0 Å². The highest BCUT2D eigenvalue weighted by atomic mass is 79.9. The van der Waals surface area contributed by atoms with Crippen molar-refractivity contribution < 1.29 is 18.3 Å². The van der Waals surface area contributed by atoms with E-state index in [0.29, 0.717) is 29.5 Å². The molecule has 7 heteroatoms. The Labute approximate surface area is 150 Å². The molecule has 4 nitrogen and oxygen atoms in total. The van der Waals surface area contributed by atoms with Crippen molar-refractivity contribution in [1.82, 2.24) is 4.98 Å². The standard InChI is InChI=1S/C17H13BrFNO3S/c1-2-22-15(21)9-12-16(13-7-8-14(18)24-13)23-17(20-12)10-3-5-11(19)6-4-10/h3-8H,2,9H2,1H3. The van der Waals surface area contributed by atoms with Crippen molar-refractivity contribution in [3.8, 4) is 22.1 Å². The first-order chi connectivity index (χ1) is 11.6. The van der Waals surface area contributed by atoms with Crippen LogP contribution in [0.3, 0.4) is 0 Å². The van der Waals surface area contributed by atoms with Gasteiger partial charge in [0.1, 0.15) is 5.82 Å². The molecule has 2 heterocycles. The fourth-order valence-corrected chi connectivity index (χ4v) is 3.55. The number of benzene rings is 1. The minimum absolute atomic E-state index is 0.0172. The van der Waals surface area contributed by atoms with Gasteiger partial charge in [0, 0.05) is 5.56 Å². The van der Waals surface area contributed by atoms with Crippen LogP contribution in [0.15, 0.2) is 44.6 Å². The van der Waals surface area contributed by atoms with Gasteiger partial charge in [0.2, 0.25) is 5.89 Å². The SMILES string of the molecule is CCOC(=O)Cc1nc(-c2ccc(F)cc2)oc1-c1ccc(Br)s1. The molecule has 0 atom stereocenters. The number of thiophene rings is 1. The molecule has 2 aromatic heterocycles. The lowest BCUT2D eigenvalue weighted by Gasteiger charge is -2.00. The minimum Gasteiger partial charge on any atom is -0.466 e. The molecule has 24 heavy (non-hydrogen) atoms. The first kappa shape index (κ1) is 16.9. The number of ether oxygens (including phenoxy) is 1. The lowest BCUT2D eigenvalue weighted by molar-refractivity contribution is -0.142. The zero-order chi connectivity index (χ0) is 17.1. The van der Waals surface area contributed by atoms with Crippen LogP contribution in [-0.4, -0.2) is 17.6 Å². The fourth-order valence-electron chi connectivity index (χ4n) is 2.17. The molecule has 0 amide bonds. The highest BCUT2D eigenvalue weighted by Gasteiger charge is 2.20. The van der Waals surface area contributed by atoms with E-state index in [-0.39, 0.29) is 18.2 Å². The van der Waals surface area contributed by atoms with Crippen molar-refractivity contribution in [2.24, 2.45) is 0 Å². The number of halogens is 2. The molecule has 1 aromatic carbocycles. The Morgan fingerprint density at radius 1 is 1.29 bits per heavy atom. The third kappa shape index (κ3) is 3.73. The van der Waals surface area contributed by atoms with E-state index in [0.717, 1.165) is 8.66 Å². The molecule has 0 aliphatic heterocycles. The molecule has 3 aromatic rings. The summed E-state index contributed by atoms with van der Waals surface area (Å²) in [6.07, 6.45) is 0.0172. The summed E-state index contributed by atoms with van der Waals surface area (Å²) < 4.78 is 24.9. The van der Waals surface area contributed by atoms with Gasteiger partial charge in [-0.2, -0.15) is 0 Å². The summed E-state index contributed by atoms with van der Waals surface area (Å²) in [6.45, 7) is 2.06. The summed E-state index contributed by atoms with van der Waals surface area (Å²) in [5.41, 5.74) is 1.14. The Balaban J connectivity index is 2.01. The van der Waals surface area contributed by atoms with Crippen molar-refractivity contribution in [1.29, 1.82) is 0 Å². The van der Waals surface area contributed by atoms with Crippen molar-refractivity contribution in [3.05, 3.63) is 51.7 Å². The van der Waals surface area contributed by atoms with Crippen molar-refractivity contribution in [2.75, 3.05) is 6.61 Å². The number of hydrogen-bond acceptors (Lipinski definition) is 5. The molecule has 0 saturated heterocycles. The zero-order valence-electron chi connectivity index (χ0n) is 12.7. The maximum atomic E-state index is 13.1. The number of aromatic nitrogens is 1. The normalized spacial score (nSPS) is 10.8. The van der Waals surface area contributed by atoms with Crippen LogP contribution in [-0.2, 0) is 16.0 Å². The van der Waals surface area contributed by atoms with Gasteiger partial charge in [-0.15, -0.1) is 11.3 Å². The monoisotopic (exact) mass is 409 g/mol. The second kappa shape index (κ2) is 7.27. The Kier molecular flexibility index (Phi) is 5.11. The summed E-state index contributed by atoms with van der Waals surface area (Å²) in [5, 5.41) is 0. The van der Waals surface area contributed by atoms with E-state index in [2.05, 4.69) is 20.9 Å². The molecule has 0 saturated carbocycles. The quantitative estimate of drug-likeness (QED) is 0.551. The maximum Gasteiger partial charge on any atom is 0.312 e. The van der Waals surface area contributed by atoms with Crippen molar-refractivity contribution in [2.45, 2.75) is 13.3 Å². The van der Waals surface area contributed by atoms with Crippen molar-refractivity contribution >= 4 is 33.2 Å². The molecule has 0 unspecified atom stereocenters. The Morgan fingerprint density at radius 2 is 2.04 bits per heavy atom. The number of nitrogens with zero attached hydrogens (tertiary/aromatic N) is 1. The van der Waals surface area contributed by atoms with E-state index in [1.54, 1.807) is 19.1 Å². The number of carbonyl (C=O) groups is 1. The highest BCUT2D eigenvalue weighted by molar-refractivity contribution is 9.11. The number of carbonyl (C=O) groups excluding carboxylic acids is 1. The summed E-state index contributed by atoms with van der Waals surface area (Å²) in [6, 6.07) is 9.64. The smallest absolute Gasteiger partial charge is 0.312 e. The van der Waals surface area contributed by atoms with Crippen molar-refractivity contribution in [3.63, 3.8) is 0 Å². The minimum atomic E-state index is -0.367. The van der Waals surface area contributed by atoms with E-state index >= 15 is 0 Å². The third-order valence-corrected chi connectivity index (χ3v) is 4.83. The van der Waals surface area contributed by atoms with E-state index in [9.17, 15) is 9.18 Å². The average molecular weight is 410 g/mol. The van der Waals surface area contributed by atoms with Crippen LogP contribution in [0, 0.1) is 5.82 Å². The van der Waals surface area contributed by atoms with Crippen LogP contribution in [0.25, 0.3) is 22.1 Å². The molecule has 0 bridgehead atoms. The molecule has 124 valence electrons. The summed E-state index contributed by atoms with van der Waals surface area (Å²) >= 11 is 4.89. The van der Waals surface area contributed by atoms with Crippen LogP contribution in [0.1, 0.15) is 12.6 Å². The topological polar surface area (TPSA) is 52.3 Å². The van der Waals surface area contributed by atoms with Gasteiger partial charge in [0.25, 0.3) is 0 Å². The summed E-state index contributed by atoms with van der Waals surface area (Å²) in [4.78, 5) is 17.1. The van der Waals surface area contributed by atoms with E-state index in [1.165, 1.54) is 23.5 Å². The van der Waals surface area contributed by atoms with Crippen LogP contribution < -0.4 is 0 Å². The summed E-state index contributed by atoms with van der Waals surface area (Å²) in [5.74, 6) is 0.166. The van der Waals surface area contributed by atoms with E-state index < -0.39 is 0 Å². The predicted octanol–water partition coefficient (Wildman–Crippen LogP) is 5.08. The molecule has 0 aliphatic carbocycles. The second-order valence-electron chi connectivity index (χ2n) is 4.89. The van der Waals surface area contributed by atoms with Gasteiger partial charge in [-0.1, -0.05) is 0 Å². The molecule has 0 spiro atoms. The van der Waals surface area contributed by atoms with Crippen LogP contribution in [0.2, 0.25) is 0 Å². The summed E-state index contributed by atoms with van der Waals surface area (Å²) in [7, 11) is 0. The lowest BCUT2D eigenvalue weighted by atomic mass is 10.2. The Morgan fingerprint density at radius 3 is 2.67 bits per heavy atom. The lowest BCUT2D eigenvalue weighted by Crippen LogP contribution is -2.08. The Hall–Kier alpha value is -1.99. The molecular weight excluding hydrogens is 397 g/mol. The van der Waals surface area contributed by atoms with Gasteiger partial charge < -0.3 is 9.15 Å². The number of hydrogen-bond donors (Lipinski definition) is 0. The average Bonchev–Trinajstić information content (AvgIpc) is 3.14. The first-order valence-electron chi connectivity index (χ1n) is 7.23. The van der Waals surface area contributed by atoms with E-state index in [4.69, 9.17) is 9.15 Å². The van der Waals surface area contributed by atoms with Gasteiger partial charge in [-0.25, -0.2) is 9.37 Å². The first-order valence-corrected chi connectivity index (χ1v) is 8.84. The highest BCUT2D eigenvalue weighted by Crippen LogP contribution is 2.36. The molecular formula is C17H13BrFNO3S. The van der Waals surface area contributed by atoms with Gasteiger partial charge in [0.15, 0.2) is 5.76 Å². The third-order valence-electron chi connectivity index (χ3n) is 3.20. The number of oxazole rings is 1. The molecule has 0 radical (unpaired) electrons. The molecule has 0 aliphatic rings. The molecule has 0 fully saturated rings. The predicted molar refractivity (Wildman–Crippen MR) is 93.2 cm³/mol. The van der Waals surface area contributed by atoms with Gasteiger partial charge in [0.05, 0.1) is 27.4 Å². The van der Waals surface area contributed by atoms with Crippen LogP contribution >= 0.6 is 27.3 Å². The largest absolute Gasteiger partial charge is 0.466 e. The van der Waals surface area contributed by atoms with Gasteiger partial charge in [-0.05, 0) is 59.3 Å². The van der Waals surface area contributed by atoms with Crippen LogP contribution in [0.4, 0.5) is 4.39 Å². The maximum absolute atomic E-state index is 13.1. The van der Waals surface area contributed by atoms with Gasteiger partial charge in [-0.3, -0.25) is 4.79 Å². The second-order valence-corrected chi connectivity index (χ2v) is 7.35. The number of esters is 1. The Bertz CT molecular complexity index is 857. The van der Waals surface area contributed by atoms with E-state index in [1.807, 2.05) is 12.1 Å². The number of rotatable bonds is 5.